The van der Waals surface area contributed by atoms with E-state index < -0.39 is 0 Å². The molecule has 0 heteroatoms. The van der Waals surface area contributed by atoms with E-state index >= 15 is 0 Å². The van der Waals surface area contributed by atoms with Crippen molar-refractivity contribution in [1.29, 1.82) is 0 Å². The predicted molar refractivity (Wildman–Crippen MR) is 224 cm³/mol. The largest absolute Gasteiger partial charge is 0.0654 e. The van der Waals surface area contributed by atoms with E-state index in [1.807, 2.05) is 0 Å². The van der Waals surface area contributed by atoms with Crippen LogP contribution in [0.5, 0.6) is 0 Å². The highest BCUT2D eigenvalue weighted by molar-refractivity contribution is 6.17. The number of rotatable bonds is 16. The van der Waals surface area contributed by atoms with Crippen molar-refractivity contribution in [3.05, 3.63) is 167 Å². The molecule has 0 bridgehead atoms. The van der Waals surface area contributed by atoms with Crippen LogP contribution in [0, 0.1) is 0 Å². The fraction of sp³-hybridized carbons (Fsp3) is 0.240. The molecule has 0 unspecified atom stereocenters. The van der Waals surface area contributed by atoms with Crippen LogP contribution in [0.2, 0.25) is 0 Å². The zero-order valence-electron chi connectivity index (χ0n) is 30.1. The molecule has 0 saturated carbocycles. The van der Waals surface area contributed by atoms with E-state index in [0.717, 1.165) is 0 Å². The molecule has 0 heterocycles. The monoisotopic (exact) mass is 652 g/mol. The normalized spacial score (nSPS) is 12.3. The summed E-state index contributed by atoms with van der Waals surface area (Å²) in [5.74, 6) is 0. The van der Waals surface area contributed by atoms with Gasteiger partial charge in [0, 0.05) is 0 Å². The lowest BCUT2D eigenvalue weighted by atomic mass is 9.95. The summed E-state index contributed by atoms with van der Waals surface area (Å²) >= 11 is 0. The van der Waals surface area contributed by atoms with Gasteiger partial charge in [-0.25, -0.2) is 0 Å². The molecule has 0 aliphatic heterocycles. The Morgan fingerprint density at radius 1 is 0.340 bits per heavy atom. The van der Waals surface area contributed by atoms with Crippen LogP contribution in [0.4, 0.5) is 0 Å². The summed E-state index contributed by atoms with van der Waals surface area (Å²) in [5, 5.41) is 7.74. The molecule has 252 valence electrons. The van der Waals surface area contributed by atoms with Crippen LogP contribution in [0.1, 0.15) is 98.6 Å². The maximum Gasteiger partial charge on any atom is -0.00990 e. The number of unbranched alkanes of at least 4 members (excludes halogenated alkanes) is 6. The second-order valence-electron chi connectivity index (χ2n) is 13.7. The third kappa shape index (κ3) is 9.60. The summed E-state index contributed by atoms with van der Waals surface area (Å²) in [5.41, 5.74) is 7.80. The molecule has 0 amide bonds. The highest BCUT2D eigenvalue weighted by Gasteiger charge is 2.06. The first-order valence-electron chi connectivity index (χ1n) is 19.0. The molecular weight excluding hydrogens is 601 g/mol. The van der Waals surface area contributed by atoms with Crippen LogP contribution < -0.4 is 0 Å². The number of aryl methyl sites for hydroxylation is 2. The maximum atomic E-state index is 2.29. The second-order valence-corrected chi connectivity index (χ2v) is 13.7. The van der Waals surface area contributed by atoms with Crippen molar-refractivity contribution in [3.63, 3.8) is 0 Å². The van der Waals surface area contributed by atoms with Crippen LogP contribution >= 0.6 is 0 Å². The summed E-state index contributed by atoms with van der Waals surface area (Å²) in [6.07, 6.45) is 30.2. The van der Waals surface area contributed by atoms with E-state index in [2.05, 4.69) is 172 Å². The quantitative estimate of drug-likeness (QED) is 0.0554. The Hall–Kier alpha value is -4.94. The molecular formula is C50H52. The molecule has 50 heavy (non-hydrogen) atoms. The van der Waals surface area contributed by atoms with Crippen molar-refractivity contribution in [2.75, 3.05) is 0 Å². The van der Waals surface area contributed by atoms with Crippen LogP contribution in [0.15, 0.2) is 133 Å². The van der Waals surface area contributed by atoms with Crippen molar-refractivity contribution >= 4 is 56.6 Å². The average molecular weight is 653 g/mol. The first-order chi connectivity index (χ1) is 24.7. The van der Waals surface area contributed by atoms with E-state index in [9.17, 15) is 0 Å². The van der Waals surface area contributed by atoms with Gasteiger partial charge in [0.15, 0.2) is 0 Å². The highest BCUT2D eigenvalue weighted by Crippen LogP contribution is 2.32. The van der Waals surface area contributed by atoms with Gasteiger partial charge >= 0.3 is 0 Å². The van der Waals surface area contributed by atoms with Crippen molar-refractivity contribution < 1.29 is 0 Å². The minimum atomic E-state index is 1.18. The average Bonchev–Trinajstić information content (AvgIpc) is 3.16. The minimum absolute atomic E-state index is 1.18. The molecule has 0 N–H and O–H groups in total. The molecule has 6 rings (SSSR count). The van der Waals surface area contributed by atoms with E-state index in [-0.39, 0.29) is 0 Å². The van der Waals surface area contributed by atoms with Gasteiger partial charge in [-0.3, -0.25) is 0 Å². The Bertz CT molecular complexity index is 1940. The van der Waals surface area contributed by atoms with Crippen LogP contribution in [0.25, 0.3) is 56.6 Å². The van der Waals surface area contributed by atoms with Gasteiger partial charge in [0.2, 0.25) is 0 Å². The summed E-state index contributed by atoms with van der Waals surface area (Å²) < 4.78 is 0. The Morgan fingerprint density at radius 2 is 0.700 bits per heavy atom. The zero-order chi connectivity index (χ0) is 34.4. The molecule has 0 fully saturated rings. The van der Waals surface area contributed by atoms with Crippen molar-refractivity contribution in [2.45, 2.75) is 78.1 Å². The van der Waals surface area contributed by atoms with Gasteiger partial charge in [-0.15, -0.1) is 0 Å². The van der Waals surface area contributed by atoms with Gasteiger partial charge in [-0.05, 0) is 104 Å². The van der Waals surface area contributed by atoms with Gasteiger partial charge in [0.05, 0.1) is 0 Å². The topological polar surface area (TPSA) is 0 Å². The van der Waals surface area contributed by atoms with Crippen LogP contribution in [-0.2, 0) is 12.8 Å². The molecule has 0 aromatic heterocycles. The van der Waals surface area contributed by atoms with E-state index in [1.165, 1.54) is 130 Å². The van der Waals surface area contributed by atoms with Crippen LogP contribution in [0.3, 0.4) is 0 Å². The first kappa shape index (κ1) is 34.9. The third-order valence-electron chi connectivity index (χ3n) is 9.86. The molecule has 0 radical (unpaired) electrons. The Morgan fingerprint density at radius 3 is 1.10 bits per heavy atom. The number of allylic oxidation sites excluding steroid dienone is 4. The summed E-state index contributed by atoms with van der Waals surface area (Å²) in [6, 6.07) is 40.7. The molecule has 0 atom stereocenters. The third-order valence-corrected chi connectivity index (χ3v) is 9.86. The van der Waals surface area contributed by atoms with Gasteiger partial charge in [-0.1, -0.05) is 198 Å². The lowest BCUT2D eigenvalue weighted by Gasteiger charge is -2.09. The lowest BCUT2D eigenvalue weighted by molar-refractivity contribution is 0.667. The van der Waals surface area contributed by atoms with Crippen LogP contribution in [-0.4, -0.2) is 0 Å². The van der Waals surface area contributed by atoms with Gasteiger partial charge < -0.3 is 0 Å². The number of benzene rings is 6. The number of hydrogen-bond acceptors (Lipinski definition) is 0. The molecule has 6 aromatic rings. The smallest absolute Gasteiger partial charge is 0.00990 e. The molecule has 0 nitrogen and oxygen atoms in total. The predicted octanol–water partition coefficient (Wildman–Crippen LogP) is 14.8. The Kier molecular flexibility index (Phi) is 12.7. The van der Waals surface area contributed by atoms with E-state index in [1.54, 1.807) is 0 Å². The lowest BCUT2D eigenvalue weighted by Crippen LogP contribution is -1.85. The Balaban J connectivity index is 1.08. The second kappa shape index (κ2) is 18.2. The van der Waals surface area contributed by atoms with Gasteiger partial charge in [-0.2, -0.15) is 0 Å². The summed E-state index contributed by atoms with van der Waals surface area (Å²) in [7, 11) is 0. The molecule has 6 aromatic carbocycles. The standard InChI is InChI=1S/C50H52/c1-3-5-7-9-15-39-21-25-41(26-22-39)17-11-13-19-43-29-33-47-45(37-43)31-35-50-48-34-30-44(38-46(48)32-36-49(47)50)20-14-12-18-42-27-23-40(24-28-42)16-10-8-6-4-2/h11-14,17-38H,3-10,15-16H2,1-2H3/b17-11+,18-12+,19-13+,20-14+. The first-order valence-corrected chi connectivity index (χ1v) is 19.0. The van der Waals surface area contributed by atoms with E-state index in [0.29, 0.717) is 0 Å². The summed E-state index contributed by atoms with van der Waals surface area (Å²) in [4.78, 5) is 0. The number of hydrogen-bond donors (Lipinski definition) is 0. The Labute approximate surface area is 300 Å². The SMILES string of the molecule is CCCCCCc1ccc(/C=C/C=C/c2ccc3c(ccc4c5ccc(/C=C/C=C/c6ccc(CCCCCC)cc6)cc5ccc34)c2)cc1. The minimum Gasteiger partial charge on any atom is -0.0654 e. The maximum absolute atomic E-state index is 2.29. The molecule has 0 spiro atoms. The molecule has 0 aliphatic carbocycles. The van der Waals surface area contributed by atoms with Gasteiger partial charge in [0.1, 0.15) is 0 Å². The van der Waals surface area contributed by atoms with E-state index in [4.69, 9.17) is 0 Å². The van der Waals surface area contributed by atoms with Gasteiger partial charge in [0.25, 0.3) is 0 Å². The molecule has 0 aliphatic rings. The molecule has 0 saturated heterocycles. The van der Waals surface area contributed by atoms with Crippen molar-refractivity contribution in [1.82, 2.24) is 0 Å². The van der Waals surface area contributed by atoms with Crippen molar-refractivity contribution in [3.8, 4) is 0 Å². The number of fused-ring (bicyclic) bond motifs is 5. The zero-order valence-corrected chi connectivity index (χ0v) is 30.1. The fourth-order valence-corrected chi connectivity index (χ4v) is 6.90. The highest BCUT2D eigenvalue weighted by atomic mass is 14.1. The summed E-state index contributed by atoms with van der Waals surface area (Å²) in [6.45, 7) is 4.53. The fourth-order valence-electron chi connectivity index (χ4n) is 6.90. The van der Waals surface area contributed by atoms with Crippen molar-refractivity contribution in [2.24, 2.45) is 0 Å².